The van der Waals surface area contributed by atoms with E-state index in [1.54, 1.807) is 17.4 Å². The summed E-state index contributed by atoms with van der Waals surface area (Å²) in [5.41, 5.74) is 0.768. The van der Waals surface area contributed by atoms with E-state index in [0.717, 1.165) is 29.4 Å². The minimum Gasteiger partial charge on any atom is -0.313 e. The SMILES string of the molecule is CCCNC(Cc1cccs1)Cc1cc(Br)ccc1F. The van der Waals surface area contributed by atoms with E-state index in [0.29, 0.717) is 6.42 Å². The molecule has 0 fully saturated rings. The van der Waals surface area contributed by atoms with Gasteiger partial charge in [-0.15, -0.1) is 11.3 Å². The molecule has 1 N–H and O–H groups in total. The van der Waals surface area contributed by atoms with Crippen LogP contribution >= 0.6 is 27.3 Å². The molecule has 4 heteroatoms. The van der Waals surface area contributed by atoms with E-state index in [4.69, 9.17) is 0 Å². The summed E-state index contributed by atoms with van der Waals surface area (Å²) in [6, 6.07) is 9.63. The van der Waals surface area contributed by atoms with Gasteiger partial charge in [0.1, 0.15) is 5.82 Å². The van der Waals surface area contributed by atoms with E-state index < -0.39 is 0 Å². The van der Waals surface area contributed by atoms with Crippen LogP contribution in [0, 0.1) is 5.82 Å². The van der Waals surface area contributed by atoms with Crippen LogP contribution in [0.3, 0.4) is 0 Å². The van der Waals surface area contributed by atoms with Crippen molar-refractivity contribution in [3.8, 4) is 0 Å². The molecule has 2 rings (SSSR count). The highest BCUT2D eigenvalue weighted by Crippen LogP contribution is 2.19. The van der Waals surface area contributed by atoms with Crippen molar-refractivity contribution in [1.82, 2.24) is 5.32 Å². The lowest BCUT2D eigenvalue weighted by molar-refractivity contribution is 0.494. The standard InChI is InChI=1S/C16H19BrFNS/c1-2-7-19-14(11-15-4-3-8-20-15)10-12-9-13(17)5-6-16(12)18/h3-6,8-9,14,19H,2,7,10-11H2,1H3. The average molecular weight is 356 g/mol. The third-order valence-corrected chi connectivity index (χ3v) is 4.58. The Hall–Kier alpha value is -0.710. The maximum absolute atomic E-state index is 13.9. The maximum atomic E-state index is 13.9. The molecule has 1 heterocycles. The lowest BCUT2D eigenvalue weighted by atomic mass is 10.0. The number of hydrogen-bond donors (Lipinski definition) is 1. The van der Waals surface area contributed by atoms with Gasteiger partial charge in [-0.25, -0.2) is 4.39 Å². The van der Waals surface area contributed by atoms with Crippen molar-refractivity contribution in [1.29, 1.82) is 0 Å². The van der Waals surface area contributed by atoms with Crippen LogP contribution in [-0.2, 0) is 12.8 Å². The lowest BCUT2D eigenvalue weighted by Crippen LogP contribution is -2.33. The Morgan fingerprint density at radius 1 is 1.30 bits per heavy atom. The van der Waals surface area contributed by atoms with Crippen molar-refractivity contribution in [2.45, 2.75) is 32.2 Å². The predicted octanol–water partition coefficient (Wildman–Crippen LogP) is 4.80. The first-order valence-corrected chi connectivity index (χ1v) is 8.56. The van der Waals surface area contributed by atoms with Crippen LogP contribution in [0.4, 0.5) is 4.39 Å². The zero-order valence-electron chi connectivity index (χ0n) is 11.5. The summed E-state index contributed by atoms with van der Waals surface area (Å²) in [6.45, 7) is 3.11. The number of rotatable bonds is 7. The monoisotopic (exact) mass is 355 g/mol. The van der Waals surface area contributed by atoms with Gasteiger partial charge in [0, 0.05) is 15.4 Å². The Kier molecular flexibility index (Phi) is 6.20. The highest BCUT2D eigenvalue weighted by Gasteiger charge is 2.13. The molecule has 2 aromatic rings. The van der Waals surface area contributed by atoms with E-state index in [1.165, 1.54) is 10.9 Å². The first-order chi connectivity index (χ1) is 9.69. The first kappa shape index (κ1) is 15.7. The molecule has 1 unspecified atom stereocenters. The molecule has 1 aromatic heterocycles. The van der Waals surface area contributed by atoms with Gasteiger partial charge in [0.2, 0.25) is 0 Å². The second-order valence-corrected chi connectivity index (χ2v) is 6.82. The summed E-state index contributed by atoms with van der Waals surface area (Å²) in [7, 11) is 0. The van der Waals surface area contributed by atoms with Gasteiger partial charge in [-0.05, 0) is 61.0 Å². The molecule has 0 aliphatic carbocycles. The molecule has 1 aromatic carbocycles. The van der Waals surface area contributed by atoms with Gasteiger partial charge in [-0.1, -0.05) is 28.9 Å². The molecule has 0 aliphatic rings. The molecule has 108 valence electrons. The fourth-order valence-electron chi connectivity index (χ4n) is 2.20. The number of thiophene rings is 1. The molecule has 0 amide bonds. The van der Waals surface area contributed by atoms with Crippen LogP contribution in [0.25, 0.3) is 0 Å². The summed E-state index contributed by atoms with van der Waals surface area (Å²) in [5, 5.41) is 5.62. The molecule has 0 saturated heterocycles. The van der Waals surface area contributed by atoms with Crippen LogP contribution in [0.2, 0.25) is 0 Å². The van der Waals surface area contributed by atoms with Crippen molar-refractivity contribution < 1.29 is 4.39 Å². The molecule has 0 radical (unpaired) electrons. The maximum Gasteiger partial charge on any atom is 0.126 e. The normalized spacial score (nSPS) is 12.6. The number of nitrogens with one attached hydrogen (secondary N) is 1. The van der Waals surface area contributed by atoms with Crippen LogP contribution in [0.1, 0.15) is 23.8 Å². The van der Waals surface area contributed by atoms with Gasteiger partial charge in [0.15, 0.2) is 0 Å². The quantitative estimate of drug-likeness (QED) is 0.751. The minimum absolute atomic E-state index is 0.123. The Bertz CT molecular complexity index is 527. The van der Waals surface area contributed by atoms with E-state index >= 15 is 0 Å². The largest absolute Gasteiger partial charge is 0.313 e. The molecular weight excluding hydrogens is 337 g/mol. The fourth-order valence-corrected chi connectivity index (χ4v) is 3.40. The summed E-state index contributed by atoms with van der Waals surface area (Å²) >= 11 is 5.17. The molecule has 20 heavy (non-hydrogen) atoms. The average Bonchev–Trinajstić information content (AvgIpc) is 2.93. The Balaban J connectivity index is 2.08. The van der Waals surface area contributed by atoms with Crippen LogP contribution < -0.4 is 5.32 Å². The van der Waals surface area contributed by atoms with Crippen LogP contribution in [0.15, 0.2) is 40.2 Å². The molecule has 0 spiro atoms. The Morgan fingerprint density at radius 3 is 2.85 bits per heavy atom. The highest BCUT2D eigenvalue weighted by molar-refractivity contribution is 9.10. The molecule has 1 atom stereocenters. The second kappa shape index (κ2) is 7.91. The second-order valence-electron chi connectivity index (χ2n) is 4.87. The van der Waals surface area contributed by atoms with Crippen LogP contribution in [0.5, 0.6) is 0 Å². The summed E-state index contributed by atoms with van der Waals surface area (Å²) in [5.74, 6) is -0.123. The van der Waals surface area contributed by atoms with E-state index in [9.17, 15) is 4.39 Å². The zero-order valence-corrected chi connectivity index (χ0v) is 13.9. The van der Waals surface area contributed by atoms with Crippen molar-refractivity contribution in [3.05, 3.63) is 56.4 Å². The minimum atomic E-state index is -0.123. The topological polar surface area (TPSA) is 12.0 Å². The summed E-state index contributed by atoms with van der Waals surface area (Å²) in [4.78, 5) is 1.34. The lowest BCUT2D eigenvalue weighted by Gasteiger charge is -2.18. The van der Waals surface area contributed by atoms with Gasteiger partial charge in [0.05, 0.1) is 0 Å². The van der Waals surface area contributed by atoms with Gasteiger partial charge < -0.3 is 5.32 Å². The zero-order chi connectivity index (χ0) is 14.4. The first-order valence-electron chi connectivity index (χ1n) is 6.88. The van der Waals surface area contributed by atoms with E-state index in [1.807, 2.05) is 6.07 Å². The van der Waals surface area contributed by atoms with E-state index in [-0.39, 0.29) is 11.9 Å². The molecule has 0 bridgehead atoms. The van der Waals surface area contributed by atoms with Crippen molar-refractivity contribution in [2.24, 2.45) is 0 Å². The van der Waals surface area contributed by atoms with Gasteiger partial charge in [-0.3, -0.25) is 0 Å². The number of hydrogen-bond acceptors (Lipinski definition) is 2. The molecule has 0 aliphatic heterocycles. The third kappa shape index (κ3) is 4.69. The molecule has 0 saturated carbocycles. The Labute approximate surface area is 132 Å². The van der Waals surface area contributed by atoms with Crippen LogP contribution in [-0.4, -0.2) is 12.6 Å². The van der Waals surface area contributed by atoms with Gasteiger partial charge >= 0.3 is 0 Å². The van der Waals surface area contributed by atoms with Crippen molar-refractivity contribution >= 4 is 27.3 Å². The van der Waals surface area contributed by atoms with Crippen molar-refractivity contribution in [3.63, 3.8) is 0 Å². The fraction of sp³-hybridized carbons (Fsp3) is 0.375. The summed E-state index contributed by atoms with van der Waals surface area (Å²) < 4.78 is 14.8. The van der Waals surface area contributed by atoms with E-state index in [2.05, 4.69) is 45.7 Å². The number of benzene rings is 1. The predicted molar refractivity (Wildman–Crippen MR) is 87.9 cm³/mol. The highest BCUT2D eigenvalue weighted by atomic mass is 79.9. The third-order valence-electron chi connectivity index (χ3n) is 3.18. The Morgan fingerprint density at radius 2 is 2.15 bits per heavy atom. The smallest absolute Gasteiger partial charge is 0.126 e. The molecular formula is C16H19BrFNS. The van der Waals surface area contributed by atoms with Gasteiger partial charge in [-0.2, -0.15) is 0 Å². The number of halogens is 2. The molecule has 1 nitrogen and oxygen atoms in total. The van der Waals surface area contributed by atoms with Crippen molar-refractivity contribution in [2.75, 3.05) is 6.54 Å². The summed E-state index contributed by atoms with van der Waals surface area (Å²) in [6.07, 6.45) is 2.74. The van der Waals surface area contributed by atoms with Gasteiger partial charge in [0.25, 0.3) is 0 Å².